The second-order valence-corrected chi connectivity index (χ2v) is 5.97. The first kappa shape index (κ1) is 14.8. The third-order valence-corrected chi connectivity index (χ3v) is 4.66. The number of nitrogens with zero attached hydrogens (tertiary/aromatic N) is 2. The minimum atomic E-state index is -0.290. The molecule has 0 bridgehead atoms. The second kappa shape index (κ2) is 6.69. The third kappa shape index (κ3) is 3.47. The van der Waals surface area contributed by atoms with Crippen LogP contribution in [0.4, 0.5) is 0 Å². The van der Waals surface area contributed by atoms with Gasteiger partial charge in [-0.2, -0.15) is 5.26 Å². The maximum atomic E-state index is 9.35. The van der Waals surface area contributed by atoms with E-state index < -0.39 is 0 Å². The van der Waals surface area contributed by atoms with Crippen molar-refractivity contribution in [2.75, 3.05) is 26.7 Å². The summed E-state index contributed by atoms with van der Waals surface area (Å²) < 4.78 is 5.90. The minimum Gasteiger partial charge on any atom is -0.377 e. The fourth-order valence-corrected chi connectivity index (χ4v) is 3.43. The van der Waals surface area contributed by atoms with Crippen LogP contribution in [-0.2, 0) is 4.74 Å². The van der Waals surface area contributed by atoms with E-state index in [1.165, 1.54) is 19.4 Å². The highest BCUT2D eigenvalue weighted by molar-refractivity contribution is 5.13. The summed E-state index contributed by atoms with van der Waals surface area (Å²) in [5, 5.41) is 12.6. The topological polar surface area (TPSA) is 48.3 Å². The standard InChI is InChI=1S/C15H27N3O/c1-3-9-19-14-5-4-8-18(11-14)13-6-7-15(10-13,12-16)17-2/h13-14,17H,3-11H2,1-2H3. The Bertz CT molecular complexity index is 328. The van der Waals surface area contributed by atoms with E-state index in [0.29, 0.717) is 12.1 Å². The van der Waals surface area contributed by atoms with E-state index in [4.69, 9.17) is 4.74 Å². The van der Waals surface area contributed by atoms with E-state index in [1.807, 2.05) is 7.05 Å². The van der Waals surface area contributed by atoms with Gasteiger partial charge in [0.05, 0.1) is 12.2 Å². The maximum absolute atomic E-state index is 9.35. The summed E-state index contributed by atoms with van der Waals surface area (Å²) in [6.07, 6.45) is 6.98. The molecule has 1 N–H and O–H groups in total. The molecule has 3 atom stereocenters. The van der Waals surface area contributed by atoms with Crippen LogP contribution in [0, 0.1) is 11.3 Å². The molecule has 1 heterocycles. The highest BCUT2D eigenvalue weighted by Crippen LogP contribution is 2.33. The molecule has 0 aromatic rings. The lowest BCUT2D eigenvalue weighted by Crippen LogP contribution is -2.47. The van der Waals surface area contributed by atoms with Gasteiger partial charge in [-0.1, -0.05) is 6.92 Å². The Balaban J connectivity index is 1.87. The summed E-state index contributed by atoms with van der Waals surface area (Å²) >= 11 is 0. The van der Waals surface area contributed by atoms with Crippen LogP contribution in [-0.4, -0.2) is 49.3 Å². The Morgan fingerprint density at radius 2 is 2.32 bits per heavy atom. The number of rotatable bonds is 5. The van der Waals surface area contributed by atoms with Crippen molar-refractivity contribution in [1.82, 2.24) is 10.2 Å². The fraction of sp³-hybridized carbons (Fsp3) is 0.933. The first-order valence-electron chi connectivity index (χ1n) is 7.69. The van der Waals surface area contributed by atoms with Gasteiger partial charge in [0.2, 0.25) is 0 Å². The molecule has 0 aromatic heterocycles. The van der Waals surface area contributed by atoms with Crippen molar-refractivity contribution in [1.29, 1.82) is 5.26 Å². The highest BCUT2D eigenvalue weighted by Gasteiger charge is 2.41. The van der Waals surface area contributed by atoms with Crippen LogP contribution in [0.1, 0.15) is 45.4 Å². The molecule has 1 saturated carbocycles. The summed E-state index contributed by atoms with van der Waals surface area (Å²) in [7, 11) is 1.91. The lowest BCUT2D eigenvalue weighted by atomic mass is 9.99. The van der Waals surface area contributed by atoms with Crippen LogP contribution in [0.25, 0.3) is 0 Å². The molecular formula is C15H27N3O. The Kier molecular flexibility index (Phi) is 5.20. The summed E-state index contributed by atoms with van der Waals surface area (Å²) in [4.78, 5) is 2.56. The third-order valence-electron chi connectivity index (χ3n) is 4.66. The quantitative estimate of drug-likeness (QED) is 0.825. The van der Waals surface area contributed by atoms with Crippen LogP contribution in [0.3, 0.4) is 0 Å². The lowest BCUT2D eigenvalue weighted by Gasteiger charge is -2.37. The van der Waals surface area contributed by atoms with Gasteiger partial charge < -0.3 is 10.1 Å². The summed E-state index contributed by atoms with van der Waals surface area (Å²) in [5.41, 5.74) is -0.290. The Morgan fingerprint density at radius 1 is 1.47 bits per heavy atom. The molecule has 0 spiro atoms. The molecule has 1 aliphatic carbocycles. The number of ether oxygens (including phenoxy) is 1. The molecule has 4 nitrogen and oxygen atoms in total. The zero-order chi connectivity index (χ0) is 13.7. The number of nitrogens with one attached hydrogen (secondary N) is 1. The van der Waals surface area contributed by atoms with Crippen molar-refractivity contribution >= 4 is 0 Å². The Morgan fingerprint density at radius 3 is 2.95 bits per heavy atom. The van der Waals surface area contributed by atoms with Crippen molar-refractivity contribution in [2.45, 2.75) is 63.1 Å². The fourth-order valence-electron chi connectivity index (χ4n) is 3.43. The molecule has 2 fully saturated rings. The molecule has 1 saturated heterocycles. The zero-order valence-corrected chi connectivity index (χ0v) is 12.3. The molecule has 4 heteroatoms. The van der Waals surface area contributed by atoms with E-state index >= 15 is 0 Å². The molecule has 3 unspecified atom stereocenters. The SMILES string of the molecule is CCCOC1CCCN(C2CCC(C#N)(NC)C2)C1. The molecule has 0 aromatic carbocycles. The van der Waals surface area contributed by atoms with Gasteiger partial charge in [-0.3, -0.25) is 4.90 Å². The van der Waals surface area contributed by atoms with E-state index in [0.717, 1.165) is 38.8 Å². The highest BCUT2D eigenvalue weighted by atomic mass is 16.5. The van der Waals surface area contributed by atoms with Gasteiger partial charge in [0.1, 0.15) is 5.54 Å². The van der Waals surface area contributed by atoms with E-state index in [9.17, 15) is 5.26 Å². The monoisotopic (exact) mass is 265 g/mol. The molecule has 2 rings (SSSR count). The van der Waals surface area contributed by atoms with Crippen LogP contribution >= 0.6 is 0 Å². The molecule has 2 aliphatic rings. The van der Waals surface area contributed by atoms with E-state index in [2.05, 4.69) is 23.2 Å². The smallest absolute Gasteiger partial charge is 0.108 e. The normalized spacial score (nSPS) is 36.3. The number of hydrogen-bond acceptors (Lipinski definition) is 4. The van der Waals surface area contributed by atoms with Gasteiger partial charge in [0.25, 0.3) is 0 Å². The van der Waals surface area contributed by atoms with E-state index in [-0.39, 0.29) is 5.54 Å². The van der Waals surface area contributed by atoms with Crippen LogP contribution < -0.4 is 5.32 Å². The molecule has 108 valence electrons. The minimum absolute atomic E-state index is 0.290. The molecule has 0 amide bonds. The van der Waals surface area contributed by atoms with Gasteiger partial charge >= 0.3 is 0 Å². The number of nitriles is 1. The van der Waals surface area contributed by atoms with Crippen molar-refractivity contribution in [3.05, 3.63) is 0 Å². The molecule has 1 aliphatic heterocycles. The van der Waals surface area contributed by atoms with Gasteiger partial charge in [0.15, 0.2) is 0 Å². The summed E-state index contributed by atoms with van der Waals surface area (Å²) in [6.45, 7) is 5.26. The Labute approximate surface area is 117 Å². The van der Waals surface area contributed by atoms with Crippen molar-refractivity contribution in [2.24, 2.45) is 0 Å². The maximum Gasteiger partial charge on any atom is 0.108 e. The summed E-state index contributed by atoms with van der Waals surface area (Å²) in [5.74, 6) is 0. The first-order valence-corrected chi connectivity index (χ1v) is 7.69. The van der Waals surface area contributed by atoms with Crippen LogP contribution in [0.15, 0.2) is 0 Å². The van der Waals surface area contributed by atoms with Crippen LogP contribution in [0.2, 0.25) is 0 Å². The number of likely N-dealkylation sites (tertiary alicyclic amines) is 1. The lowest BCUT2D eigenvalue weighted by molar-refractivity contribution is -0.0122. The Hall–Kier alpha value is -0.630. The van der Waals surface area contributed by atoms with Crippen molar-refractivity contribution in [3.8, 4) is 6.07 Å². The van der Waals surface area contributed by atoms with Gasteiger partial charge in [-0.05, 0) is 52.1 Å². The second-order valence-electron chi connectivity index (χ2n) is 5.97. The first-order chi connectivity index (χ1) is 9.23. The van der Waals surface area contributed by atoms with Crippen LogP contribution in [0.5, 0.6) is 0 Å². The molecule has 0 radical (unpaired) electrons. The summed E-state index contributed by atoms with van der Waals surface area (Å²) in [6, 6.07) is 3.03. The van der Waals surface area contributed by atoms with Crippen molar-refractivity contribution < 1.29 is 4.74 Å². The predicted molar refractivity (Wildman–Crippen MR) is 75.9 cm³/mol. The van der Waals surface area contributed by atoms with Gasteiger partial charge in [-0.15, -0.1) is 0 Å². The number of hydrogen-bond donors (Lipinski definition) is 1. The average Bonchev–Trinajstić information content (AvgIpc) is 2.91. The van der Waals surface area contributed by atoms with E-state index in [1.54, 1.807) is 0 Å². The molecular weight excluding hydrogens is 238 g/mol. The molecule has 19 heavy (non-hydrogen) atoms. The van der Waals surface area contributed by atoms with Gasteiger partial charge in [0, 0.05) is 19.2 Å². The zero-order valence-electron chi connectivity index (χ0n) is 12.3. The average molecular weight is 265 g/mol. The van der Waals surface area contributed by atoms with Gasteiger partial charge in [-0.25, -0.2) is 0 Å². The predicted octanol–water partition coefficient (Wildman–Crippen LogP) is 1.91. The van der Waals surface area contributed by atoms with Crippen molar-refractivity contribution in [3.63, 3.8) is 0 Å². The number of piperidine rings is 1. The largest absolute Gasteiger partial charge is 0.377 e.